The molecule has 1 amide bonds. The molecule has 0 unspecified atom stereocenters. The van der Waals surface area contributed by atoms with Gasteiger partial charge in [0.05, 0.1) is 5.69 Å². The van der Waals surface area contributed by atoms with Crippen molar-refractivity contribution < 1.29 is 4.79 Å². The molecule has 0 radical (unpaired) electrons. The van der Waals surface area contributed by atoms with Crippen molar-refractivity contribution in [2.75, 3.05) is 5.32 Å². The van der Waals surface area contributed by atoms with Gasteiger partial charge in [0.25, 0.3) is 5.91 Å². The van der Waals surface area contributed by atoms with Gasteiger partial charge in [-0.2, -0.15) is 0 Å². The summed E-state index contributed by atoms with van der Waals surface area (Å²) < 4.78 is 1.75. The number of nitrogens with zero attached hydrogens (tertiary/aromatic N) is 3. The summed E-state index contributed by atoms with van der Waals surface area (Å²) in [7, 11) is 0. The van der Waals surface area contributed by atoms with Crippen molar-refractivity contribution in [1.29, 1.82) is 0 Å². The van der Waals surface area contributed by atoms with Crippen LogP contribution in [0.15, 0.2) is 72.8 Å². The second-order valence-corrected chi connectivity index (χ2v) is 7.15. The van der Waals surface area contributed by atoms with Crippen LogP contribution in [0.25, 0.3) is 17.1 Å². The number of amides is 1. The maximum Gasteiger partial charge on any atom is 0.295 e. The van der Waals surface area contributed by atoms with Crippen LogP contribution < -0.4 is 5.32 Å². The van der Waals surface area contributed by atoms with Crippen molar-refractivity contribution in [3.8, 4) is 17.1 Å². The molecule has 144 valence electrons. The summed E-state index contributed by atoms with van der Waals surface area (Å²) >= 11 is 0. The van der Waals surface area contributed by atoms with Crippen molar-refractivity contribution in [3.63, 3.8) is 0 Å². The quantitative estimate of drug-likeness (QED) is 0.533. The fourth-order valence-electron chi connectivity index (χ4n) is 3.21. The van der Waals surface area contributed by atoms with Crippen LogP contribution in [0.3, 0.4) is 0 Å². The Hall–Kier alpha value is -3.73. The van der Waals surface area contributed by atoms with Crippen molar-refractivity contribution in [2.24, 2.45) is 0 Å². The Morgan fingerprint density at radius 1 is 0.862 bits per heavy atom. The molecule has 4 rings (SSSR count). The van der Waals surface area contributed by atoms with Gasteiger partial charge in [-0.05, 0) is 55.7 Å². The van der Waals surface area contributed by atoms with E-state index in [1.54, 1.807) is 4.68 Å². The number of carbonyl (C=O) groups excluding carboxylic acids is 1. The van der Waals surface area contributed by atoms with E-state index in [4.69, 9.17) is 0 Å². The number of hydrogen-bond acceptors (Lipinski definition) is 3. The standard InChI is InChI=1S/C24H22N4O/c1-16-8-7-11-20(14-16)25-24(29)22-26-23(19-9-5-4-6-10-19)28(27-22)21-15-17(2)12-13-18(21)3/h4-15H,1-3H3,(H,25,29). The SMILES string of the molecule is Cc1cccc(NC(=O)c2nc(-c3ccccc3)n(-c3cc(C)ccc3C)n2)c1. The molecular formula is C24H22N4O. The molecule has 0 atom stereocenters. The zero-order valence-corrected chi connectivity index (χ0v) is 16.7. The Morgan fingerprint density at radius 3 is 2.38 bits per heavy atom. The second-order valence-electron chi connectivity index (χ2n) is 7.15. The number of carbonyl (C=O) groups is 1. The summed E-state index contributed by atoms with van der Waals surface area (Å²) in [6.45, 7) is 6.04. The lowest BCUT2D eigenvalue weighted by Gasteiger charge is -2.10. The average Bonchev–Trinajstić information content (AvgIpc) is 3.16. The van der Waals surface area contributed by atoms with Gasteiger partial charge in [-0.15, -0.1) is 5.10 Å². The molecule has 5 nitrogen and oxygen atoms in total. The highest BCUT2D eigenvalue weighted by Crippen LogP contribution is 2.24. The van der Waals surface area contributed by atoms with E-state index in [2.05, 4.69) is 27.5 Å². The monoisotopic (exact) mass is 382 g/mol. The highest BCUT2D eigenvalue weighted by molar-refractivity contribution is 6.01. The van der Waals surface area contributed by atoms with E-state index in [1.807, 2.05) is 81.4 Å². The molecule has 0 aliphatic heterocycles. The predicted molar refractivity (Wildman–Crippen MR) is 115 cm³/mol. The Morgan fingerprint density at radius 2 is 1.62 bits per heavy atom. The first-order valence-electron chi connectivity index (χ1n) is 9.49. The molecule has 1 N–H and O–H groups in total. The maximum atomic E-state index is 12.9. The zero-order chi connectivity index (χ0) is 20.4. The molecule has 0 aliphatic carbocycles. The molecule has 0 bridgehead atoms. The van der Waals surface area contributed by atoms with E-state index < -0.39 is 0 Å². The Bertz CT molecular complexity index is 1180. The van der Waals surface area contributed by atoms with E-state index in [0.717, 1.165) is 33.6 Å². The van der Waals surface area contributed by atoms with Gasteiger partial charge in [-0.3, -0.25) is 4.79 Å². The van der Waals surface area contributed by atoms with E-state index in [0.29, 0.717) is 5.82 Å². The Labute approximate surface area is 170 Å². The summed E-state index contributed by atoms with van der Waals surface area (Å²) in [5.41, 5.74) is 5.77. The molecule has 29 heavy (non-hydrogen) atoms. The van der Waals surface area contributed by atoms with Gasteiger partial charge < -0.3 is 5.32 Å². The lowest BCUT2D eigenvalue weighted by molar-refractivity contribution is 0.101. The summed E-state index contributed by atoms with van der Waals surface area (Å²) in [4.78, 5) is 17.4. The minimum atomic E-state index is -0.336. The van der Waals surface area contributed by atoms with Crippen molar-refractivity contribution in [3.05, 3.63) is 95.3 Å². The molecule has 0 saturated carbocycles. The molecule has 5 heteroatoms. The highest BCUT2D eigenvalue weighted by atomic mass is 16.2. The van der Waals surface area contributed by atoms with Crippen molar-refractivity contribution in [2.45, 2.75) is 20.8 Å². The Balaban J connectivity index is 1.79. The van der Waals surface area contributed by atoms with E-state index in [1.165, 1.54) is 0 Å². The fraction of sp³-hybridized carbons (Fsp3) is 0.125. The average molecular weight is 382 g/mol. The van der Waals surface area contributed by atoms with Gasteiger partial charge in [0.2, 0.25) is 5.82 Å². The van der Waals surface area contributed by atoms with Crippen molar-refractivity contribution in [1.82, 2.24) is 14.8 Å². The molecule has 1 aromatic heterocycles. The van der Waals surface area contributed by atoms with Gasteiger partial charge in [0.15, 0.2) is 5.82 Å². The lowest BCUT2D eigenvalue weighted by atomic mass is 10.1. The third-order valence-corrected chi connectivity index (χ3v) is 4.71. The molecule has 4 aromatic rings. The first-order chi connectivity index (χ1) is 14.0. The van der Waals surface area contributed by atoms with Crippen LogP contribution in [0.2, 0.25) is 0 Å². The van der Waals surface area contributed by atoms with Crippen LogP contribution >= 0.6 is 0 Å². The number of aromatic nitrogens is 3. The molecular weight excluding hydrogens is 360 g/mol. The number of anilines is 1. The number of aryl methyl sites for hydroxylation is 3. The summed E-state index contributed by atoms with van der Waals surface area (Å²) in [6.07, 6.45) is 0. The third kappa shape index (κ3) is 3.94. The van der Waals surface area contributed by atoms with E-state index in [9.17, 15) is 4.79 Å². The molecule has 3 aromatic carbocycles. The smallest absolute Gasteiger partial charge is 0.295 e. The number of nitrogens with one attached hydrogen (secondary N) is 1. The summed E-state index contributed by atoms with van der Waals surface area (Å²) in [5, 5.41) is 7.46. The predicted octanol–water partition coefficient (Wildman–Crippen LogP) is 5.11. The normalized spacial score (nSPS) is 10.7. The highest BCUT2D eigenvalue weighted by Gasteiger charge is 2.20. The minimum absolute atomic E-state index is 0.131. The number of rotatable bonds is 4. The number of benzene rings is 3. The van der Waals surface area contributed by atoms with Crippen LogP contribution in [0.5, 0.6) is 0 Å². The van der Waals surface area contributed by atoms with Gasteiger partial charge >= 0.3 is 0 Å². The maximum absolute atomic E-state index is 12.9. The van der Waals surface area contributed by atoms with Gasteiger partial charge in [0, 0.05) is 11.3 Å². The Kier molecular flexibility index (Phi) is 4.96. The molecule has 0 saturated heterocycles. The first-order valence-corrected chi connectivity index (χ1v) is 9.49. The number of hydrogen-bond donors (Lipinski definition) is 1. The fourth-order valence-corrected chi connectivity index (χ4v) is 3.21. The van der Waals surface area contributed by atoms with Crippen LogP contribution in [-0.2, 0) is 0 Å². The van der Waals surface area contributed by atoms with Crippen LogP contribution in [0.4, 0.5) is 5.69 Å². The third-order valence-electron chi connectivity index (χ3n) is 4.71. The van der Waals surface area contributed by atoms with Crippen LogP contribution in [0.1, 0.15) is 27.3 Å². The van der Waals surface area contributed by atoms with Crippen LogP contribution in [-0.4, -0.2) is 20.7 Å². The van der Waals surface area contributed by atoms with Gasteiger partial charge in [0.1, 0.15) is 0 Å². The van der Waals surface area contributed by atoms with Gasteiger partial charge in [-0.1, -0.05) is 54.6 Å². The second kappa shape index (κ2) is 7.72. The molecule has 0 fully saturated rings. The largest absolute Gasteiger partial charge is 0.319 e. The zero-order valence-electron chi connectivity index (χ0n) is 16.7. The summed E-state index contributed by atoms with van der Waals surface area (Å²) in [6, 6.07) is 23.6. The van der Waals surface area contributed by atoms with E-state index >= 15 is 0 Å². The van der Waals surface area contributed by atoms with Crippen molar-refractivity contribution >= 4 is 11.6 Å². The molecule has 0 aliphatic rings. The first kappa shape index (κ1) is 18.6. The van der Waals surface area contributed by atoms with Gasteiger partial charge in [-0.25, -0.2) is 9.67 Å². The van der Waals surface area contributed by atoms with E-state index in [-0.39, 0.29) is 11.7 Å². The van der Waals surface area contributed by atoms with Crippen LogP contribution in [0, 0.1) is 20.8 Å². The lowest BCUT2D eigenvalue weighted by Crippen LogP contribution is -2.14. The molecule has 0 spiro atoms. The topological polar surface area (TPSA) is 59.8 Å². The summed E-state index contributed by atoms with van der Waals surface area (Å²) in [5.74, 6) is 0.428. The minimum Gasteiger partial charge on any atom is -0.319 e. The molecule has 1 heterocycles.